The predicted molar refractivity (Wildman–Crippen MR) is 388 cm³/mol. The fourth-order valence-electron chi connectivity index (χ4n) is 8.98. The van der Waals surface area contributed by atoms with E-state index in [4.69, 9.17) is 18.9 Å². The summed E-state index contributed by atoms with van der Waals surface area (Å²) in [4.78, 5) is 37.5. The summed E-state index contributed by atoms with van der Waals surface area (Å²) in [5, 5.41) is 11.8. The standard InChI is InChI=1S/C82H129NO8/c1-6-8-10-12-14-16-18-20-22-24-26-28-30-32-34-36-37-38-39-40-41-42-43-45-47-49-51-53-55-57-59-61-63-65-67-69-71-73-80(85)91-78(77-90-82(81(86)87)88-75-74-83(3,4)5)76-89-79(84)72-70-68-66-64-62-60-58-56-54-52-50-48-46-44-35-33-31-29-27-25-23-21-19-17-15-13-11-9-7-2/h8-11,14-17,20-23,26-29,32-35,37-38,40-41,43,45,49,51,55,57,61,63,78,82H,6-7,12-13,18-19,24-25,30-31,36,39,42,44,46-48,50,52-54,56,58-60,62,64-77H2,1-5H3/b10-8-,11-9-,16-14-,17-15-,22-20-,23-21-,28-26-,29-27-,34-32-,35-33-,38-37-,41-40-,45-43-,51-49-,57-55-,63-61-. The highest BCUT2D eigenvalue weighted by Gasteiger charge is 2.22. The molecular formula is C82H129NO8. The van der Waals surface area contributed by atoms with Crippen molar-refractivity contribution in [1.82, 2.24) is 0 Å². The van der Waals surface area contributed by atoms with Crippen LogP contribution < -0.4 is 5.11 Å². The van der Waals surface area contributed by atoms with Crippen molar-refractivity contribution in [2.75, 3.05) is 47.5 Å². The Labute approximate surface area is 557 Å². The number of carboxylic acid groups (broad SMARTS) is 1. The summed E-state index contributed by atoms with van der Waals surface area (Å²) in [6, 6.07) is 0. The number of esters is 2. The summed E-state index contributed by atoms with van der Waals surface area (Å²) in [5.74, 6) is -2.35. The van der Waals surface area contributed by atoms with Crippen LogP contribution in [0.4, 0.5) is 0 Å². The minimum Gasteiger partial charge on any atom is -0.545 e. The van der Waals surface area contributed by atoms with Crippen LogP contribution in [0.2, 0.25) is 0 Å². The molecule has 0 aliphatic rings. The van der Waals surface area contributed by atoms with Crippen molar-refractivity contribution in [2.24, 2.45) is 0 Å². The van der Waals surface area contributed by atoms with Gasteiger partial charge in [-0.3, -0.25) is 9.59 Å². The van der Waals surface area contributed by atoms with E-state index in [0.717, 1.165) is 148 Å². The average Bonchev–Trinajstić information content (AvgIpc) is 3.50. The molecule has 2 atom stereocenters. The van der Waals surface area contributed by atoms with Gasteiger partial charge in [-0.05, 0) is 141 Å². The van der Waals surface area contributed by atoms with Gasteiger partial charge in [-0.2, -0.15) is 0 Å². The van der Waals surface area contributed by atoms with Crippen LogP contribution in [0.25, 0.3) is 0 Å². The number of hydrogen-bond donors (Lipinski definition) is 0. The Kier molecular flexibility index (Phi) is 65.5. The molecule has 0 aromatic rings. The Balaban J connectivity index is 4.26. The maximum absolute atomic E-state index is 12.9. The van der Waals surface area contributed by atoms with Crippen LogP contribution in [0.3, 0.4) is 0 Å². The second kappa shape index (κ2) is 70.0. The lowest BCUT2D eigenvalue weighted by Gasteiger charge is -2.26. The third-order valence-electron chi connectivity index (χ3n) is 14.3. The summed E-state index contributed by atoms with van der Waals surface area (Å²) in [7, 11) is 5.90. The zero-order valence-electron chi connectivity index (χ0n) is 58.1. The summed E-state index contributed by atoms with van der Waals surface area (Å²) >= 11 is 0. The van der Waals surface area contributed by atoms with Crippen LogP contribution in [0, 0.1) is 0 Å². The van der Waals surface area contributed by atoms with Gasteiger partial charge in [-0.25, -0.2) is 0 Å². The minimum absolute atomic E-state index is 0.130. The number of unbranched alkanes of at least 4 members (excludes halogenated alkanes) is 16. The van der Waals surface area contributed by atoms with Crippen molar-refractivity contribution in [1.29, 1.82) is 0 Å². The van der Waals surface area contributed by atoms with Crippen molar-refractivity contribution in [2.45, 2.75) is 257 Å². The van der Waals surface area contributed by atoms with Gasteiger partial charge in [0.15, 0.2) is 12.4 Å². The third kappa shape index (κ3) is 71.4. The van der Waals surface area contributed by atoms with Gasteiger partial charge in [-0.15, -0.1) is 0 Å². The molecule has 0 heterocycles. The SMILES string of the molecule is CC/C=C\C/C=C\C/C=C\C/C=C\C/C=C\C/C=C\C/C=C\C/C=C\C/C=C\C/C=C\C/C=C\CCCCCC(=O)OC(COC(=O)CCCCCCCCCCCCCCC/C=C\C/C=C\C/C=C\C/C=C\C/C=C\CC)COC(OCC[N+](C)(C)C)C(=O)[O-]. The first-order chi connectivity index (χ1) is 44.6. The molecule has 91 heavy (non-hydrogen) atoms. The Morgan fingerprint density at radius 3 is 0.890 bits per heavy atom. The van der Waals surface area contributed by atoms with E-state index in [-0.39, 0.29) is 38.6 Å². The molecule has 0 amide bonds. The van der Waals surface area contributed by atoms with E-state index in [0.29, 0.717) is 17.4 Å². The number of carbonyl (C=O) groups is 3. The highest BCUT2D eigenvalue weighted by atomic mass is 16.7. The lowest BCUT2D eigenvalue weighted by Crippen LogP contribution is -2.44. The topological polar surface area (TPSA) is 111 Å². The van der Waals surface area contributed by atoms with Gasteiger partial charge in [0.2, 0.25) is 0 Å². The number of rotatable bonds is 63. The van der Waals surface area contributed by atoms with Gasteiger partial charge >= 0.3 is 11.9 Å². The molecule has 0 spiro atoms. The van der Waals surface area contributed by atoms with E-state index in [1.165, 1.54) is 64.2 Å². The lowest BCUT2D eigenvalue weighted by atomic mass is 10.0. The van der Waals surface area contributed by atoms with Crippen LogP contribution >= 0.6 is 0 Å². The Morgan fingerprint density at radius 2 is 0.593 bits per heavy atom. The van der Waals surface area contributed by atoms with Crippen LogP contribution in [-0.4, -0.2) is 82.3 Å². The lowest BCUT2D eigenvalue weighted by molar-refractivity contribution is -0.870. The zero-order valence-corrected chi connectivity index (χ0v) is 58.1. The molecule has 0 N–H and O–H groups in total. The first kappa shape index (κ1) is 85.1. The summed E-state index contributed by atoms with van der Waals surface area (Å²) in [6.45, 7) is 4.46. The molecule has 0 aliphatic heterocycles. The van der Waals surface area contributed by atoms with Gasteiger partial charge in [0, 0.05) is 12.8 Å². The number of carboxylic acids is 1. The summed E-state index contributed by atoms with van der Waals surface area (Å²) in [5.41, 5.74) is 0. The van der Waals surface area contributed by atoms with Crippen molar-refractivity contribution < 1.29 is 42.9 Å². The number of quaternary nitrogens is 1. The largest absolute Gasteiger partial charge is 0.545 e. The van der Waals surface area contributed by atoms with E-state index >= 15 is 0 Å². The van der Waals surface area contributed by atoms with Crippen LogP contribution in [0.1, 0.15) is 245 Å². The smallest absolute Gasteiger partial charge is 0.306 e. The molecule has 0 aromatic carbocycles. The number of carbonyl (C=O) groups excluding carboxylic acids is 3. The highest BCUT2D eigenvalue weighted by molar-refractivity contribution is 5.70. The monoisotopic (exact) mass is 1260 g/mol. The molecule has 0 saturated heterocycles. The maximum atomic E-state index is 12.9. The Bertz CT molecular complexity index is 2200. The van der Waals surface area contributed by atoms with E-state index in [1.807, 2.05) is 21.1 Å². The Morgan fingerprint density at radius 1 is 0.330 bits per heavy atom. The molecule has 510 valence electrons. The number of likely N-dealkylation sites (N-methyl/N-ethyl adjacent to an activating group) is 1. The van der Waals surface area contributed by atoms with Crippen molar-refractivity contribution in [3.8, 4) is 0 Å². The second-order valence-electron chi connectivity index (χ2n) is 24.1. The zero-order chi connectivity index (χ0) is 66.1. The molecule has 9 nitrogen and oxygen atoms in total. The average molecular weight is 1260 g/mol. The molecule has 0 radical (unpaired) electrons. The van der Waals surface area contributed by atoms with E-state index in [2.05, 4.69) is 208 Å². The molecule has 0 bridgehead atoms. The van der Waals surface area contributed by atoms with E-state index in [9.17, 15) is 19.5 Å². The third-order valence-corrected chi connectivity index (χ3v) is 14.3. The number of ether oxygens (including phenoxy) is 4. The van der Waals surface area contributed by atoms with Crippen LogP contribution in [0.15, 0.2) is 194 Å². The van der Waals surface area contributed by atoms with Crippen LogP contribution in [-0.2, 0) is 33.3 Å². The molecule has 9 heteroatoms. The quantitative estimate of drug-likeness (QED) is 0.0195. The normalized spacial score (nSPS) is 13.9. The summed E-state index contributed by atoms with van der Waals surface area (Å²) in [6.07, 6.45) is 105. The van der Waals surface area contributed by atoms with Crippen molar-refractivity contribution >= 4 is 17.9 Å². The minimum atomic E-state index is -1.65. The maximum Gasteiger partial charge on any atom is 0.306 e. The van der Waals surface area contributed by atoms with Gasteiger partial charge in [0.1, 0.15) is 13.2 Å². The van der Waals surface area contributed by atoms with Crippen LogP contribution in [0.5, 0.6) is 0 Å². The number of nitrogens with zero attached hydrogens (tertiary/aromatic N) is 1. The summed E-state index contributed by atoms with van der Waals surface area (Å²) < 4.78 is 22.7. The molecule has 2 unspecified atom stereocenters. The number of allylic oxidation sites excluding steroid dienone is 32. The molecular weight excluding hydrogens is 1130 g/mol. The van der Waals surface area contributed by atoms with Gasteiger partial charge in [0.05, 0.1) is 40.3 Å². The van der Waals surface area contributed by atoms with E-state index < -0.39 is 24.3 Å². The predicted octanol–water partition coefficient (Wildman–Crippen LogP) is 21.2. The van der Waals surface area contributed by atoms with Gasteiger partial charge in [0.25, 0.3) is 0 Å². The fourth-order valence-corrected chi connectivity index (χ4v) is 8.98. The molecule has 0 aliphatic carbocycles. The van der Waals surface area contributed by atoms with Crippen molar-refractivity contribution in [3.05, 3.63) is 194 Å². The first-order valence-corrected chi connectivity index (χ1v) is 35.6. The highest BCUT2D eigenvalue weighted by Crippen LogP contribution is 2.15. The van der Waals surface area contributed by atoms with Gasteiger partial charge < -0.3 is 33.3 Å². The molecule has 0 fully saturated rings. The molecule has 0 saturated carbocycles. The molecule has 0 rings (SSSR count). The first-order valence-electron chi connectivity index (χ1n) is 35.6. The van der Waals surface area contributed by atoms with Crippen molar-refractivity contribution in [3.63, 3.8) is 0 Å². The second-order valence-corrected chi connectivity index (χ2v) is 24.1. The molecule has 0 aromatic heterocycles. The van der Waals surface area contributed by atoms with E-state index in [1.54, 1.807) is 0 Å². The number of hydrogen-bond acceptors (Lipinski definition) is 8. The van der Waals surface area contributed by atoms with Gasteiger partial charge in [-0.1, -0.05) is 285 Å². The Hall–Kier alpha value is -5.87. The number of aliphatic carboxylic acids is 1. The fraction of sp³-hybridized carbons (Fsp3) is 0.573.